The Hall–Kier alpha value is -2.89. The molecule has 5 nitrogen and oxygen atoms in total. The Labute approximate surface area is 163 Å². The number of aromatic carboxylic acids is 1. The molecule has 2 aliphatic rings. The molecule has 2 atom stereocenters. The third-order valence-corrected chi connectivity index (χ3v) is 5.75. The van der Waals surface area contributed by atoms with Crippen LogP contribution in [0.2, 0.25) is 0 Å². The summed E-state index contributed by atoms with van der Waals surface area (Å²) in [7, 11) is 0. The number of rotatable bonds is 3. The van der Waals surface area contributed by atoms with E-state index in [1.807, 2.05) is 6.07 Å². The van der Waals surface area contributed by atoms with Gasteiger partial charge in [-0.1, -0.05) is 19.9 Å². The average Bonchev–Trinajstić information content (AvgIpc) is 3.05. The summed E-state index contributed by atoms with van der Waals surface area (Å²) in [5.74, 6) is -1.27. The van der Waals surface area contributed by atoms with E-state index >= 15 is 0 Å². The van der Waals surface area contributed by atoms with Crippen molar-refractivity contribution in [3.63, 3.8) is 0 Å². The van der Waals surface area contributed by atoms with Gasteiger partial charge in [0.1, 0.15) is 5.82 Å². The van der Waals surface area contributed by atoms with Gasteiger partial charge in [-0.2, -0.15) is 0 Å². The SMILES string of the molecule is CC1(C)Cc2cc(C(=O)O)ccc2NC1c1cc(F)cc(C2CCC(=O)N2)c1. The Morgan fingerprint density at radius 2 is 1.89 bits per heavy atom. The number of carbonyl (C=O) groups excluding carboxylic acids is 1. The number of carboxylic acid groups (broad SMARTS) is 1. The topological polar surface area (TPSA) is 78.4 Å². The van der Waals surface area contributed by atoms with Crippen molar-refractivity contribution in [1.82, 2.24) is 5.32 Å². The van der Waals surface area contributed by atoms with Gasteiger partial charge in [0.2, 0.25) is 5.91 Å². The molecule has 0 aliphatic carbocycles. The summed E-state index contributed by atoms with van der Waals surface area (Å²) in [5.41, 5.74) is 3.43. The zero-order valence-electron chi connectivity index (χ0n) is 15.9. The van der Waals surface area contributed by atoms with Crippen LogP contribution >= 0.6 is 0 Å². The second-order valence-corrected chi connectivity index (χ2v) is 8.40. The summed E-state index contributed by atoms with van der Waals surface area (Å²) in [6.07, 6.45) is 1.81. The van der Waals surface area contributed by atoms with Gasteiger partial charge in [-0.25, -0.2) is 9.18 Å². The van der Waals surface area contributed by atoms with Crippen LogP contribution in [0.15, 0.2) is 36.4 Å². The van der Waals surface area contributed by atoms with Gasteiger partial charge in [-0.05, 0) is 65.3 Å². The van der Waals surface area contributed by atoms with Crippen LogP contribution in [0.4, 0.5) is 10.1 Å². The van der Waals surface area contributed by atoms with E-state index < -0.39 is 5.97 Å². The summed E-state index contributed by atoms with van der Waals surface area (Å²) in [6, 6.07) is 9.76. The van der Waals surface area contributed by atoms with Crippen LogP contribution < -0.4 is 10.6 Å². The standard InChI is InChI=1S/C22H23FN2O3/c1-22(2)11-15-7-12(21(27)28)3-4-18(15)25-20(22)14-8-13(9-16(23)10-14)17-5-6-19(26)24-17/h3-4,7-10,17,20,25H,5-6,11H2,1-2H3,(H,24,26)(H,27,28). The lowest BCUT2D eigenvalue weighted by Gasteiger charge is -2.41. The van der Waals surface area contributed by atoms with Crippen molar-refractivity contribution < 1.29 is 19.1 Å². The number of carboxylic acids is 1. The first-order chi connectivity index (χ1) is 13.2. The fourth-order valence-electron chi connectivity index (χ4n) is 4.36. The van der Waals surface area contributed by atoms with Crippen LogP contribution in [0.1, 0.15) is 65.8 Å². The molecule has 6 heteroatoms. The predicted molar refractivity (Wildman–Crippen MR) is 104 cm³/mol. The van der Waals surface area contributed by atoms with Gasteiger partial charge < -0.3 is 15.7 Å². The number of hydrogen-bond donors (Lipinski definition) is 3. The van der Waals surface area contributed by atoms with Crippen LogP contribution in [-0.4, -0.2) is 17.0 Å². The maximum Gasteiger partial charge on any atom is 0.335 e. The van der Waals surface area contributed by atoms with Crippen LogP contribution in [0.3, 0.4) is 0 Å². The maximum absolute atomic E-state index is 14.4. The first kappa shape index (κ1) is 18.5. The lowest BCUT2D eigenvalue weighted by atomic mass is 9.72. The summed E-state index contributed by atoms with van der Waals surface area (Å²) >= 11 is 0. The van der Waals surface area contributed by atoms with Gasteiger partial charge in [0.05, 0.1) is 17.6 Å². The first-order valence-corrected chi connectivity index (χ1v) is 9.45. The summed E-state index contributed by atoms with van der Waals surface area (Å²) < 4.78 is 14.4. The van der Waals surface area contributed by atoms with E-state index in [4.69, 9.17) is 0 Å². The zero-order valence-corrected chi connectivity index (χ0v) is 15.9. The molecule has 28 heavy (non-hydrogen) atoms. The number of benzene rings is 2. The van der Waals surface area contributed by atoms with Crippen molar-refractivity contribution in [1.29, 1.82) is 0 Å². The molecule has 0 radical (unpaired) electrons. The molecule has 2 unspecified atom stereocenters. The third kappa shape index (κ3) is 3.35. The molecule has 1 amide bonds. The molecule has 1 fully saturated rings. The van der Waals surface area contributed by atoms with Crippen molar-refractivity contribution in [2.75, 3.05) is 5.32 Å². The number of halogens is 1. The minimum atomic E-state index is -0.948. The second kappa shape index (κ2) is 6.62. The Kier molecular flexibility index (Phi) is 4.37. The molecule has 0 aromatic heterocycles. The lowest BCUT2D eigenvalue weighted by Crippen LogP contribution is -2.35. The van der Waals surface area contributed by atoms with Crippen molar-refractivity contribution in [3.8, 4) is 0 Å². The second-order valence-electron chi connectivity index (χ2n) is 8.40. The molecule has 0 saturated carbocycles. The normalized spacial score (nSPS) is 22.9. The largest absolute Gasteiger partial charge is 0.478 e. The van der Waals surface area contributed by atoms with Gasteiger partial charge in [-0.15, -0.1) is 0 Å². The van der Waals surface area contributed by atoms with E-state index in [0.717, 1.165) is 22.4 Å². The Bertz CT molecular complexity index is 970. The van der Waals surface area contributed by atoms with Gasteiger partial charge in [0.15, 0.2) is 0 Å². The molecule has 3 N–H and O–H groups in total. The minimum Gasteiger partial charge on any atom is -0.478 e. The molecule has 4 rings (SSSR count). The molecule has 0 spiro atoms. The lowest BCUT2D eigenvalue weighted by molar-refractivity contribution is -0.119. The van der Waals surface area contributed by atoms with Crippen molar-refractivity contribution in [2.45, 2.75) is 45.2 Å². The summed E-state index contributed by atoms with van der Waals surface area (Å²) in [4.78, 5) is 22.8. The Balaban J connectivity index is 1.70. The van der Waals surface area contributed by atoms with Crippen molar-refractivity contribution >= 4 is 17.6 Å². The summed E-state index contributed by atoms with van der Waals surface area (Å²) in [6.45, 7) is 4.17. The number of amides is 1. The Morgan fingerprint density at radius 1 is 1.14 bits per heavy atom. The molecule has 2 aromatic rings. The molecule has 146 valence electrons. The third-order valence-electron chi connectivity index (χ3n) is 5.75. The predicted octanol–water partition coefficient (Wildman–Crippen LogP) is 4.21. The van der Waals surface area contributed by atoms with E-state index in [2.05, 4.69) is 24.5 Å². The van der Waals surface area contributed by atoms with E-state index in [0.29, 0.717) is 19.3 Å². The van der Waals surface area contributed by atoms with Crippen LogP contribution in [-0.2, 0) is 11.2 Å². The van der Waals surface area contributed by atoms with Crippen molar-refractivity contribution in [2.24, 2.45) is 5.41 Å². The fourth-order valence-corrected chi connectivity index (χ4v) is 4.36. The highest BCUT2D eigenvalue weighted by atomic mass is 19.1. The quantitative estimate of drug-likeness (QED) is 0.743. The first-order valence-electron chi connectivity index (χ1n) is 9.45. The number of hydrogen-bond acceptors (Lipinski definition) is 3. The molecular weight excluding hydrogens is 359 g/mol. The number of anilines is 1. The van der Waals surface area contributed by atoms with Gasteiger partial charge in [0.25, 0.3) is 0 Å². The van der Waals surface area contributed by atoms with Crippen molar-refractivity contribution in [3.05, 3.63) is 64.5 Å². The highest BCUT2D eigenvalue weighted by molar-refractivity contribution is 5.88. The van der Waals surface area contributed by atoms with Gasteiger partial charge in [-0.3, -0.25) is 4.79 Å². The zero-order chi connectivity index (χ0) is 20.1. The summed E-state index contributed by atoms with van der Waals surface area (Å²) in [5, 5.41) is 15.6. The average molecular weight is 382 g/mol. The van der Waals surface area contributed by atoms with E-state index in [-0.39, 0.29) is 34.8 Å². The number of fused-ring (bicyclic) bond motifs is 1. The van der Waals surface area contributed by atoms with Gasteiger partial charge in [0, 0.05) is 12.1 Å². The monoisotopic (exact) mass is 382 g/mol. The Morgan fingerprint density at radius 3 is 2.57 bits per heavy atom. The van der Waals surface area contributed by atoms with Gasteiger partial charge >= 0.3 is 5.97 Å². The molecule has 1 saturated heterocycles. The smallest absolute Gasteiger partial charge is 0.335 e. The van der Waals surface area contributed by atoms with E-state index in [9.17, 15) is 19.1 Å². The van der Waals surface area contributed by atoms with Crippen LogP contribution in [0.5, 0.6) is 0 Å². The van der Waals surface area contributed by atoms with E-state index in [1.54, 1.807) is 18.2 Å². The molecule has 2 aliphatic heterocycles. The fraction of sp³-hybridized carbons (Fsp3) is 0.364. The minimum absolute atomic E-state index is 0.00454. The highest BCUT2D eigenvalue weighted by Crippen LogP contribution is 2.45. The molecule has 2 aromatic carbocycles. The van der Waals surface area contributed by atoms with E-state index in [1.165, 1.54) is 12.1 Å². The highest BCUT2D eigenvalue weighted by Gasteiger charge is 2.37. The number of carbonyl (C=O) groups is 2. The van der Waals surface area contributed by atoms with Crippen LogP contribution in [0, 0.1) is 11.2 Å². The van der Waals surface area contributed by atoms with Crippen LogP contribution in [0.25, 0.3) is 0 Å². The number of nitrogens with one attached hydrogen (secondary N) is 2. The molecular formula is C22H23FN2O3. The maximum atomic E-state index is 14.4. The molecule has 0 bridgehead atoms. The molecule has 2 heterocycles.